The molecule has 1 aliphatic heterocycles. The van der Waals surface area contributed by atoms with E-state index in [1.54, 1.807) is 13.8 Å². The molecule has 1 aromatic carbocycles. The van der Waals surface area contributed by atoms with Crippen molar-refractivity contribution in [3.8, 4) is 0 Å². The van der Waals surface area contributed by atoms with Crippen molar-refractivity contribution in [3.05, 3.63) is 35.9 Å². The van der Waals surface area contributed by atoms with Gasteiger partial charge in [-0.15, -0.1) is 0 Å². The van der Waals surface area contributed by atoms with Gasteiger partial charge in [-0.25, -0.2) is 4.79 Å². The zero-order valence-electron chi connectivity index (χ0n) is 32.1. The van der Waals surface area contributed by atoms with Crippen molar-refractivity contribution in [3.63, 3.8) is 0 Å². The van der Waals surface area contributed by atoms with E-state index in [2.05, 4.69) is 26.3 Å². The second-order valence-electron chi connectivity index (χ2n) is 14.6. The fraction of sp³-hybridized carbons (Fsp3) is 0.649. The van der Waals surface area contributed by atoms with Gasteiger partial charge < -0.3 is 54.2 Å². The molecule has 1 aromatic rings. The highest BCUT2D eigenvalue weighted by Gasteiger charge is 2.38. The highest BCUT2D eigenvalue weighted by atomic mass is 16.4. The predicted octanol–water partition coefficient (Wildman–Crippen LogP) is -0.544. The number of amides is 5. The molecule has 0 radical (unpaired) electrons. The summed E-state index contributed by atoms with van der Waals surface area (Å²) in [6.07, 6.45) is 3.14. The summed E-state index contributed by atoms with van der Waals surface area (Å²) in [6, 6.07) is 3.11. The van der Waals surface area contributed by atoms with Crippen molar-refractivity contribution in [2.24, 2.45) is 39.8 Å². The van der Waals surface area contributed by atoms with Gasteiger partial charge in [0.05, 0.1) is 6.04 Å². The zero-order chi connectivity index (χ0) is 40.4. The molecule has 1 saturated heterocycles. The number of hydrogen-bond acceptors (Lipinski definition) is 9. The quantitative estimate of drug-likeness (QED) is 0.0388. The second-order valence-corrected chi connectivity index (χ2v) is 14.6. The van der Waals surface area contributed by atoms with Gasteiger partial charge in [0.15, 0.2) is 5.96 Å². The highest BCUT2D eigenvalue weighted by molar-refractivity contribution is 5.96. The Kier molecular flexibility index (Phi) is 19.4. The first kappa shape index (κ1) is 45.4. The Balaban J connectivity index is 2.23. The van der Waals surface area contributed by atoms with Crippen LogP contribution in [0.25, 0.3) is 0 Å². The fourth-order valence-corrected chi connectivity index (χ4v) is 6.29. The van der Waals surface area contributed by atoms with E-state index in [1.165, 1.54) is 4.90 Å². The highest BCUT2D eigenvalue weighted by Crippen LogP contribution is 2.20. The van der Waals surface area contributed by atoms with Crippen LogP contribution in [-0.2, 0) is 35.2 Å². The standard InChI is InChI=1S/C37H62N10O7/c1-22(2)20-28(32(49)44-27(36(53)54)14-8-9-17-38)45-34(51)30(23(3)4)46-31(48)26(15-10-18-42-37(40)41)43-33(50)29-16-11-19-47(29)35(52)25(39)21-24-12-6-5-7-13-24/h5-7,12-13,22-23,25-30H,8-11,14-21,38-39H2,1-4H3,(H,43,50)(H,44,49)(H,45,51)(H,46,48)(H,53,54)(H4,40,41,42). The number of carbonyl (C=O) groups is 6. The molecule has 0 aromatic heterocycles. The normalized spacial score (nSPS) is 16.8. The SMILES string of the molecule is CC(C)CC(NC(=O)C(NC(=O)C(CCCN=C(N)N)NC(=O)C1CCCN1C(=O)C(N)Cc1ccccc1)C(C)C)C(=O)NC(CCCCN)C(=O)O. The van der Waals surface area contributed by atoms with Crippen LogP contribution in [0.15, 0.2) is 35.3 Å². The summed E-state index contributed by atoms with van der Waals surface area (Å²) in [6.45, 7) is 8.04. The molecule has 17 heteroatoms. The molecular weight excluding hydrogens is 696 g/mol. The largest absolute Gasteiger partial charge is 0.480 e. The van der Waals surface area contributed by atoms with Crippen LogP contribution in [0, 0.1) is 11.8 Å². The number of likely N-dealkylation sites (tertiary alicyclic amines) is 1. The van der Waals surface area contributed by atoms with Crippen molar-refractivity contribution in [2.45, 2.75) is 122 Å². The van der Waals surface area contributed by atoms with Crippen LogP contribution in [0.2, 0.25) is 0 Å². The summed E-state index contributed by atoms with van der Waals surface area (Å²) < 4.78 is 0. The number of benzene rings is 1. The molecule has 2 rings (SSSR count). The smallest absolute Gasteiger partial charge is 0.326 e. The average molecular weight is 759 g/mol. The summed E-state index contributed by atoms with van der Waals surface area (Å²) in [7, 11) is 0. The summed E-state index contributed by atoms with van der Waals surface area (Å²) in [5, 5.41) is 20.5. The number of guanidine groups is 1. The van der Waals surface area contributed by atoms with Crippen molar-refractivity contribution >= 4 is 41.5 Å². The monoisotopic (exact) mass is 758 g/mol. The Morgan fingerprint density at radius 2 is 1.48 bits per heavy atom. The molecule has 0 aliphatic carbocycles. The molecule has 0 bridgehead atoms. The van der Waals surface area contributed by atoms with Crippen molar-refractivity contribution in [1.82, 2.24) is 26.2 Å². The number of nitrogens with two attached hydrogens (primary N) is 4. The summed E-state index contributed by atoms with van der Waals surface area (Å²) >= 11 is 0. The van der Waals surface area contributed by atoms with Crippen LogP contribution in [0.1, 0.15) is 84.6 Å². The number of carboxylic acids is 1. The number of unbranched alkanes of at least 4 members (excludes halogenated alkanes) is 1. The van der Waals surface area contributed by atoms with E-state index in [1.807, 2.05) is 44.2 Å². The molecule has 1 fully saturated rings. The third-order valence-corrected chi connectivity index (χ3v) is 9.18. The van der Waals surface area contributed by atoms with Gasteiger partial charge in [-0.2, -0.15) is 0 Å². The van der Waals surface area contributed by atoms with Crippen LogP contribution < -0.4 is 44.2 Å². The molecule has 13 N–H and O–H groups in total. The maximum absolute atomic E-state index is 13.9. The Labute approximate surface area is 318 Å². The predicted molar refractivity (Wildman–Crippen MR) is 205 cm³/mol. The topological polar surface area (TPSA) is 290 Å². The molecule has 0 saturated carbocycles. The van der Waals surface area contributed by atoms with Crippen LogP contribution in [-0.4, -0.2) is 107 Å². The van der Waals surface area contributed by atoms with Crippen LogP contribution in [0.3, 0.4) is 0 Å². The second kappa shape index (κ2) is 23.1. The Morgan fingerprint density at radius 3 is 2.07 bits per heavy atom. The molecule has 54 heavy (non-hydrogen) atoms. The van der Waals surface area contributed by atoms with Crippen LogP contribution in [0.4, 0.5) is 0 Å². The first-order chi connectivity index (χ1) is 25.5. The third kappa shape index (κ3) is 15.3. The minimum atomic E-state index is -1.20. The molecule has 17 nitrogen and oxygen atoms in total. The number of aliphatic carboxylic acids is 1. The van der Waals surface area contributed by atoms with E-state index in [0.29, 0.717) is 51.6 Å². The lowest BCUT2D eigenvalue weighted by Crippen LogP contribution is -2.60. The van der Waals surface area contributed by atoms with Gasteiger partial charge in [-0.3, -0.25) is 29.0 Å². The van der Waals surface area contributed by atoms with Gasteiger partial charge in [0.2, 0.25) is 29.5 Å². The average Bonchev–Trinajstić information content (AvgIpc) is 3.61. The number of nitrogens with one attached hydrogen (secondary N) is 4. The lowest BCUT2D eigenvalue weighted by molar-refractivity contribution is -0.142. The Morgan fingerprint density at radius 1 is 0.852 bits per heavy atom. The fourth-order valence-electron chi connectivity index (χ4n) is 6.29. The summed E-state index contributed by atoms with van der Waals surface area (Å²) in [5.41, 5.74) is 23.6. The molecule has 6 unspecified atom stereocenters. The van der Waals surface area contributed by atoms with Gasteiger partial charge in [0.25, 0.3) is 0 Å². The molecule has 0 spiro atoms. The van der Waals surface area contributed by atoms with E-state index in [0.717, 1.165) is 5.56 Å². The van der Waals surface area contributed by atoms with E-state index >= 15 is 0 Å². The number of hydrogen-bond donors (Lipinski definition) is 9. The number of carboxylic acid groups (broad SMARTS) is 1. The van der Waals surface area contributed by atoms with Gasteiger partial charge >= 0.3 is 5.97 Å². The number of nitrogens with zero attached hydrogens (tertiary/aromatic N) is 2. The first-order valence-electron chi connectivity index (χ1n) is 18.8. The molecule has 1 aliphatic rings. The molecule has 1 heterocycles. The van der Waals surface area contributed by atoms with Gasteiger partial charge in [-0.05, 0) is 81.7 Å². The van der Waals surface area contributed by atoms with E-state index in [9.17, 15) is 33.9 Å². The zero-order valence-corrected chi connectivity index (χ0v) is 32.1. The minimum Gasteiger partial charge on any atom is -0.480 e. The van der Waals surface area contributed by atoms with E-state index in [-0.39, 0.29) is 43.6 Å². The molecule has 6 atom stereocenters. The van der Waals surface area contributed by atoms with E-state index < -0.39 is 71.8 Å². The lowest BCUT2D eigenvalue weighted by atomic mass is 9.98. The van der Waals surface area contributed by atoms with E-state index in [4.69, 9.17) is 22.9 Å². The number of carbonyl (C=O) groups excluding carboxylic acids is 5. The van der Waals surface area contributed by atoms with Gasteiger partial charge in [0.1, 0.15) is 30.2 Å². The van der Waals surface area contributed by atoms with Gasteiger partial charge in [0, 0.05) is 13.1 Å². The van der Waals surface area contributed by atoms with Crippen molar-refractivity contribution in [1.29, 1.82) is 0 Å². The first-order valence-corrected chi connectivity index (χ1v) is 18.8. The van der Waals surface area contributed by atoms with Crippen molar-refractivity contribution in [2.75, 3.05) is 19.6 Å². The Hall–Kier alpha value is -4.77. The van der Waals surface area contributed by atoms with Crippen LogP contribution in [0.5, 0.6) is 0 Å². The van der Waals surface area contributed by atoms with Crippen molar-refractivity contribution < 1.29 is 33.9 Å². The number of rotatable bonds is 23. The molecule has 5 amide bonds. The summed E-state index contributed by atoms with van der Waals surface area (Å²) in [4.78, 5) is 85.3. The minimum absolute atomic E-state index is 0.0478. The Bertz CT molecular complexity index is 1420. The maximum Gasteiger partial charge on any atom is 0.326 e. The maximum atomic E-state index is 13.9. The molecular formula is C37H62N10O7. The summed E-state index contributed by atoms with van der Waals surface area (Å²) in [5.74, 6) is -4.70. The van der Waals surface area contributed by atoms with Gasteiger partial charge in [-0.1, -0.05) is 58.0 Å². The third-order valence-electron chi connectivity index (χ3n) is 9.18. The number of aliphatic imine (C=N–C) groups is 1. The molecule has 302 valence electrons. The van der Waals surface area contributed by atoms with Crippen LogP contribution >= 0.6 is 0 Å². The lowest BCUT2D eigenvalue weighted by Gasteiger charge is -2.30.